The van der Waals surface area contributed by atoms with E-state index in [1.807, 2.05) is 24.3 Å². The van der Waals surface area contributed by atoms with E-state index in [0.717, 1.165) is 10.6 Å². The summed E-state index contributed by atoms with van der Waals surface area (Å²) in [6, 6.07) is 13.6. The van der Waals surface area contributed by atoms with Crippen molar-refractivity contribution in [1.82, 2.24) is 24.9 Å². The number of halogens is 1. The molecule has 2 heterocycles. The summed E-state index contributed by atoms with van der Waals surface area (Å²) in [5, 5.41) is 9.28. The molecule has 0 aliphatic rings. The zero-order valence-corrected chi connectivity index (χ0v) is 19.5. The predicted molar refractivity (Wildman–Crippen MR) is 135 cm³/mol. The normalized spacial score (nSPS) is 12.3. The van der Waals surface area contributed by atoms with Crippen molar-refractivity contribution >= 4 is 17.6 Å². The fourth-order valence-electron chi connectivity index (χ4n) is 3.38. The molecule has 4 rings (SSSR count). The number of rotatable bonds is 9. The van der Waals surface area contributed by atoms with Crippen molar-refractivity contribution in [2.24, 2.45) is 16.6 Å². The molecule has 0 aliphatic heterocycles. The Morgan fingerprint density at radius 3 is 2.83 bits per heavy atom. The Labute approximate surface area is 206 Å². The minimum atomic E-state index is -0.538. The second kappa shape index (κ2) is 11.0. The van der Waals surface area contributed by atoms with Gasteiger partial charge in [-0.2, -0.15) is 10.1 Å². The molecule has 2 aromatic heterocycles. The number of hydrazine groups is 1. The third kappa shape index (κ3) is 5.42. The van der Waals surface area contributed by atoms with Gasteiger partial charge in [-0.3, -0.25) is 10.0 Å². The maximum Gasteiger partial charge on any atom is 0.276 e. The lowest BCUT2D eigenvalue weighted by Gasteiger charge is -2.24. The van der Waals surface area contributed by atoms with E-state index in [0.29, 0.717) is 23.5 Å². The van der Waals surface area contributed by atoms with Gasteiger partial charge in [0, 0.05) is 18.0 Å². The largest absolute Gasteiger partial charge is 0.392 e. The smallest absolute Gasteiger partial charge is 0.276 e. The number of hydrogen-bond acceptors (Lipinski definition) is 9. The molecule has 0 atom stereocenters. The van der Waals surface area contributed by atoms with Gasteiger partial charge in [-0.1, -0.05) is 42.1 Å². The molecular formula is C25H24FN9O. The van der Waals surface area contributed by atoms with E-state index in [1.165, 1.54) is 24.7 Å². The summed E-state index contributed by atoms with van der Waals surface area (Å²) < 4.78 is 21.7. The molecule has 0 aliphatic carbocycles. The summed E-state index contributed by atoms with van der Waals surface area (Å²) in [6.07, 6.45) is 7.82. The van der Waals surface area contributed by atoms with Crippen molar-refractivity contribution < 1.29 is 8.91 Å². The molecule has 182 valence electrons. The number of hydrogen-bond donors (Lipinski definition) is 2. The van der Waals surface area contributed by atoms with Gasteiger partial charge in [0.05, 0.1) is 17.9 Å². The van der Waals surface area contributed by atoms with Crippen molar-refractivity contribution in [3.63, 3.8) is 0 Å². The number of allylic oxidation sites excluding steroid dienone is 1. The van der Waals surface area contributed by atoms with Crippen LogP contribution in [0.25, 0.3) is 17.1 Å². The number of aromatic nitrogens is 5. The van der Waals surface area contributed by atoms with Gasteiger partial charge in [0.15, 0.2) is 0 Å². The number of aliphatic imine (C=N–C) groups is 1. The van der Waals surface area contributed by atoms with Crippen LogP contribution in [0.2, 0.25) is 0 Å². The molecule has 0 spiro atoms. The standard InChI is InChI=1S/C25H24FN9O/c1-3-29-12-11-17(2)23(35(28)21-10-5-4-9-20(21)26)22(27)25-32-24(33-36-25)19-8-6-7-18(13-19)14-34-16-30-15-31-34/h3-13,15-16H,2,14,27-28H2,1H3/b12-11-,23-22-,29-3?. The van der Waals surface area contributed by atoms with E-state index in [1.54, 1.807) is 42.4 Å². The second-order valence-corrected chi connectivity index (χ2v) is 7.55. The van der Waals surface area contributed by atoms with E-state index in [9.17, 15) is 4.39 Å². The van der Waals surface area contributed by atoms with Crippen LogP contribution in [0.4, 0.5) is 10.1 Å². The second-order valence-electron chi connectivity index (χ2n) is 7.55. The monoisotopic (exact) mass is 485 g/mol. The first-order chi connectivity index (χ1) is 17.5. The molecule has 4 aromatic rings. The molecule has 0 saturated heterocycles. The van der Waals surface area contributed by atoms with Gasteiger partial charge in [-0.15, -0.1) is 0 Å². The van der Waals surface area contributed by atoms with Crippen molar-refractivity contribution in [3.8, 4) is 11.4 Å². The molecule has 4 N–H and O–H groups in total. The molecule has 36 heavy (non-hydrogen) atoms. The quantitative estimate of drug-likeness (QED) is 0.158. The van der Waals surface area contributed by atoms with Crippen LogP contribution in [0.5, 0.6) is 0 Å². The van der Waals surface area contributed by atoms with Crippen LogP contribution >= 0.6 is 0 Å². The molecule has 0 amide bonds. The highest BCUT2D eigenvalue weighted by Crippen LogP contribution is 2.28. The Bertz CT molecular complexity index is 1440. The van der Waals surface area contributed by atoms with Gasteiger partial charge in [-0.25, -0.2) is 19.9 Å². The highest BCUT2D eigenvalue weighted by Gasteiger charge is 2.22. The van der Waals surface area contributed by atoms with Gasteiger partial charge in [0.2, 0.25) is 5.82 Å². The van der Waals surface area contributed by atoms with E-state index < -0.39 is 5.82 Å². The predicted octanol–water partition coefficient (Wildman–Crippen LogP) is 3.68. The van der Waals surface area contributed by atoms with Crippen molar-refractivity contribution in [2.75, 3.05) is 5.01 Å². The van der Waals surface area contributed by atoms with Crippen LogP contribution in [0.3, 0.4) is 0 Å². The zero-order valence-electron chi connectivity index (χ0n) is 19.5. The Kier molecular flexibility index (Phi) is 7.42. The van der Waals surface area contributed by atoms with Crippen LogP contribution in [-0.4, -0.2) is 31.1 Å². The van der Waals surface area contributed by atoms with Gasteiger partial charge >= 0.3 is 0 Å². The number of benzene rings is 2. The lowest BCUT2D eigenvalue weighted by molar-refractivity contribution is 0.407. The third-order valence-electron chi connectivity index (χ3n) is 5.08. The Hall–Kier alpha value is -4.90. The van der Waals surface area contributed by atoms with Gasteiger partial charge in [-0.05, 0) is 42.3 Å². The van der Waals surface area contributed by atoms with Gasteiger partial charge in [0.1, 0.15) is 24.2 Å². The Balaban J connectivity index is 1.71. The Morgan fingerprint density at radius 1 is 1.25 bits per heavy atom. The zero-order chi connectivity index (χ0) is 25.5. The summed E-state index contributed by atoms with van der Waals surface area (Å²) in [4.78, 5) is 12.4. The van der Waals surface area contributed by atoms with Gasteiger partial charge < -0.3 is 10.3 Å². The fraction of sp³-hybridized carbons (Fsp3) is 0.0800. The fourth-order valence-corrected chi connectivity index (χ4v) is 3.38. The van der Waals surface area contributed by atoms with Crippen LogP contribution < -0.4 is 16.6 Å². The van der Waals surface area contributed by atoms with E-state index in [-0.39, 0.29) is 23.0 Å². The van der Waals surface area contributed by atoms with Gasteiger partial charge in [0.25, 0.3) is 5.89 Å². The molecule has 0 saturated carbocycles. The van der Waals surface area contributed by atoms with E-state index in [4.69, 9.17) is 16.1 Å². The van der Waals surface area contributed by atoms with Crippen molar-refractivity contribution in [2.45, 2.75) is 13.5 Å². The summed E-state index contributed by atoms with van der Waals surface area (Å²) in [7, 11) is 0. The molecule has 0 unspecified atom stereocenters. The minimum absolute atomic E-state index is 0.00186. The minimum Gasteiger partial charge on any atom is -0.392 e. The number of para-hydroxylation sites is 1. The number of nitrogens with two attached hydrogens (primary N) is 2. The third-order valence-corrected chi connectivity index (χ3v) is 5.08. The highest BCUT2D eigenvalue weighted by atomic mass is 19.1. The van der Waals surface area contributed by atoms with Crippen molar-refractivity contribution in [1.29, 1.82) is 0 Å². The molecule has 0 bridgehead atoms. The first-order valence-corrected chi connectivity index (χ1v) is 10.9. The molecular weight excluding hydrogens is 461 g/mol. The summed E-state index contributed by atoms with van der Waals surface area (Å²) in [5.74, 6) is 6.09. The number of nitrogens with zero attached hydrogens (tertiary/aromatic N) is 7. The summed E-state index contributed by atoms with van der Waals surface area (Å²) in [6.45, 7) is 6.32. The maximum atomic E-state index is 14.5. The van der Waals surface area contributed by atoms with Crippen LogP contribution in [0, 0.1) is 5.82 Å². The molecule has 11 heteroatoms. The first-order valence-electron chi connectivity index (χ1n) is 10.9. The molecule has 0 fully saturated rings. The summed E-state index contributed by atoms with van der Waals surface area (Å²) in [5.41, 5.74) is 8.76. The van der Waals surface area contributed by atoms with Crippen LogP contribution in [-0.2, 0) is 6.54 Å². The highest BCUT2D eigenvalue weighted by molar-refractivity contribution is 5.73. The van der Waals surface area contributed by atoms with Crippen molar-refractivity contribution in [3.05, 3.63) is 109 Å². The van der Waals surface area contributed by atoms with E-state index in [2.05, 4.69) is 31.8 Å². The number of anilines is 1. The molecule has 10 nitrogen and oxygen atoms in total. The topological polar surface area (TPSA) is 137 Å². The average molecular weight is 486 g/mol. The Morgan fingerprint density at radius 2 is 2.08 bits per heavy atom. The lowest BCUT2D eigenvalue weighted by Crippen LogP contribution is -2.33. The average Bonchev–Trinajstić information content (AvgIpc) is 3.57. The summed E-state index contributed by atoms with van der Waals surface area (Å²) >= 11 is 0. The lowest BCUT2D eigenvalue weighted by atomic mass is 10.1. The SMILES string of the molecule is C=C(/C=C\N=CC)/C(=C(/N)c1nc(-c2cccc(Cn3cncn3)c2)no1)N(N)c1ccccc1F. The molecule has 0 radical (unpaired) electrons. The first kappa shape index (κ1) is 24.2. The van der Waals surface area contributed by atoms with Crippen LogP contribution in [0.1, 0.15) is 18.4 Å². The maximum absolute atomic E-state index is 14.5. The van der Waals surface area contributed by atoms with E-state index >= 15 is 0 Å². The van der Waals surface area contributed by atoms with Crippen LogP contribution in [0.15, 0.2) is 101 Å². The molecule has 2 aromatic carbocycles.